The molecule has 0 spiro atoms. The van der Waals surface area contributed by atoms with E-state index in [9.17, 15) is 61.0 Å². The summed E-state index contributed by atoms with van der Waals surface area (Å²) in [5.74, 6) is -0.260. The molecule has 17 unspecified atom stereocenters. The van der Waals surface area contributed by atoms with E-state index < -0.39 is 124 Å². The molecule has 0 saturated carbocycles. The predicted octanol–water partition coefficient (Wildman–Crippen LogP) is 4.31. The van der Waals surface area contributed by atoms with Crippen LogP contribution in [0.3, 0.4) is 0 Å². The number of hydrogen-bond donors (Lipinski definition) is 12. The molecule has 19 nitrogen and oxygen atoms in total. The highest BCUT2D eigenvalue weighted by molar-refractivity contribution is 5.76. The summed E-state index contributed by atoms with van der Waals surface area (Å²) in [6.45, 7) is 1.63. The van der Waals surface area contributed by atoms with E-state index in [-0.39, 0.29) is 18.9 Å². The van der Waals surface area contributed by atoms with E-state index in [0.717, 1.165) is 89.9 Å². The van der Waals surface area contributed by atoms with E-state index in [1.54, 1.807) is 0 Å². The Labute approximate surface area is 453 Å². The van der Waals surface area contributed by atoms with Crippen LogP contribution in [0.4, 0.5) is 0 Å². The molecule has 17 atom stereocenters. The van der Waals surface area contributed by atoms with Gasteiger partial charge in [0.1, 0.15) is 73.2 Å². The van der Waals surface area contributed by atoms with Gasteiger partial charge >= 0.3 is 0 Å². The van der Waals surface area contributed by atoms with Gasteiger partial charge in [-0.3, -0.25) is 4.79 Å². The second-order valence-corrected chi connectivity index (χ2v) is 20.7. The summed E-state index contributed by atoms with van der Waals surface area (Å²) in [4.78, 5) is 13.3. The summed E-state index contributed by atoms with van der Waals surface area (Å²) in [6, 6.07) is -0.895. The second-order valence-electron chi connectivity index (χ2n) is 20.7. The van der Waals surface area contributed by atoms with Crippen LogP contribution in [0.2, 0.25) is 0 Å². The number of amides is 1. The molecule has 3 aliphatic heterocycles. The van der Waals surface area contributed by atoms with Gasteiger partial charge in [-0.25, -0.2) is 0 Å². The fourth-order valence-electron chi connectivity index (χ4n) is 9.66. The topological polar surface area (TPSA) is 307 Å². The van der Waals surface area contributed by atoms with Crippen LogP contribution in [0.15, 0.2) is 48.6 Å². The second kappa shape index (κ2) is 40.9. The number of nitrogens with one attached hydrogen (secondary N) is 1. The average Bonchev–Trinajstić information content (AvgIpc) is 3.42. The molecule has 1 amide bonds. The third-order valence-electron chi connectivity index (χ3n) is 14.4. The summed E-state index contributed by atoms with van der Waals surface area (Å²) in [6.07, 6.45) is 16.3. The van der Waals surface area contributed by atoms with Crippen LogP contribution in [0, 0.1) is 0 Å². The molecule has 3 rings (SSSR count). The Morgan fingerprint density at radius 1 is 0.487 bits per heavy atom. The van der Waals surface area contributed by atoms with Crippen molar-refractivity contribution in [3.63, 3.8) is 0 Å². The fraction of sp³-hybridized carbons (Fsp3) is 0.842. The minimum Gasteiger partial charge on any atom is -0.394 e. The molecule has 3 saturated heterocycles. The van der Waals surface area contributed by atoms with Crippen molar-refractivity contribution in [2.45, 2.75) is 279 Å². The zero-order valence-electron chi connectivity index (χ0n) is 45.7. The smallest absolute Gasteiger partial charge is 0.220 e. The SMILES string of the molecule is CC/C=C\C/C=C\C/C=C\C/C=C\CCCCCCCCC(=O)NC(COC1OC(CO)C(OC2OC(CO)C(OC3OC(CO)C(O)C(O)C3O)C(O)C2O)C(O)C1O)C(O)CCCCCCCCCCCCCC. The van der Waals surface area contributed by atoms with Crippen LogP contribution in [0.1, 0.15) is 174 Å². The van der Waals surface area contributed by atoms with E-state index in [0.29, 0.717) is 12.8 Å². The highest BCUT2D eigenvalue weighted by Gasteiger charge is 2.53. The molecule has 442 valence electrons. The first-order chi connectivity index (χ1) is 36.8. The molecule has 76 heavy (non-hydrogen) atoms. The number of hydrogen-bond acceptors (Lipinski definition) is 18. The van der Waals surface area contributed by atoms with E-state index in [1.807, 2.05) is 0 Å². The Hall–Kier alpha value is -2.25. The van der Waals surface area contributed by atoms with Crippen molar-refractivity contribution < 1.29 is 89.4 Å². The molecule has 0 aliphatic carbocycles. The van der Waals surface area contributed by atoms with Gasteiger partial charge in [0.25, 0.3) is 0 Å². The zero-order valence-corrected chi connectivity index (χ0v) is 45.7. The lowest BCUT2D eigenvalue weighted by atomic mass is 9.96. The molecule has 3 fully saturated rings. The molecule has 0 aromatic carbocycles. The lowest BCUT2D eigenvalue weighted by molar-refractivity contribution is -0.379. The summed E-state index contributed by atoms with van der Waals surface area (Å²) in [7, 11) is 0. The maximum absolute atomic E-state index is 13.3. The van der Waals surface area contributed by atoms with Crippen molar-refractivity contribution in [3.8, 4) is 0 Å². The molecule has 3 heterocycles. The van der Waals surface area contributed by atoms with Gasteiger partial charge in [-0.1, -0.05) is 165 Å². The van der Waals surface area contributed by atoms with E-state index in [4.69, 9.17) is 28.4 Å². The van der Waals surface area contributed by atoms with Gasteiger partial charge in [0.2, 0.25) is 5.91 Å². The number of aliphatic hydroxyl groups is 11. The van der Waals surface area contributed by atoms with Crippen LogP contribution in [-0.4, -0.2) is 193 Å². The Morgan fingerprint density at radius 3 is 1.42 bits per heavy atom. The van der Waals surface area contributed by atoms with Crippen LogP contribution in [-0.2, 0) is 33.2 Å². The molecule has 19 heteroatoms. The average molecular weight is 1090 g/mol. The Kier molecular flexibility index (Phi) is 36.6. The lowest BCUT2D eigenvalue weighted by Gasteiger charge is -2.48. The van der Waals surface area contributed by atoms with E-state index >= 15 is 0 Å². The fourth-order valence-corrected chi connectivity index (χ4v) is 9.66. The summed E-state index contributed by atoms with van der Waals surface area (Å²) in [5, 5.41) is 120. The number of unbranched alkanes of at least 4 members (excludes halogenated alkanes) is 17. The van der Waals surface area contributed by atoms with Crippen LogP contribution in [0.5, 0.6) is 0 Å². The third-order valence-corrected chi connectivity index (χ3v) is 14.4. The number of aliphatic hydroxyl groups excluding tert-OH is 11. The quantitative estimate of drug-likeness (QED) is 0.0300. The number of rotatable bonds is 41. The van der Waals surface area contributed by atoms with Crippen molar-refractivity contribution in [2.24, 2.45) is 0 Å². The monoisotopic (exact) mass is 1090 g/mol. The zero-order chi connectivity index (χ0) is 55.5. The van der Waals surface area contributed by atoms with Crippen LogP contribution < -0.4 is 5.32 Å². The minimum absolute atomic E-state index is 0.248. The summed E-state index contributed by atoms with van der Waals surface area (Å²) >= 11 is 0. The highest BCUT2D eigenvalue weighted by atomic mass is 16.8. The van der Waals surface area contributed by atoms with Gasteiger partial charge in [-0.15, -0.1) is 0 Å². The highest BCUT2D eigenvalue weighted by Crippen LogP contribution is 2.33. The van der Waals surface area contributed by atoms with Crippen molar-refractivity contribution in [3.05, 3.63) is 48.6 Å². The summed E-state index contributed by atoms with van der Waals surface area (Å²) in [5.41, 5.74) is 0. The Balaban J connectivity index is 1.50. The van der Waals surface area contributed by atoms with Gasteiger partial charge in [0, 0.05) is 6.42 Å². The van der Waals surface area contributed by atoms with E-state index in [2.05, 4.69) is 67.8 Å². The van der Waals surface area contributed by atoms with Gasteiger partial charge in [-0.2, -0.15) is 0 Å². The first kappa shape index (κ1) is 68.0. The Morgan fingerprint density at radius 2 is 0.908 bits per heavy atom. The Bertz CT molecular complexity index is 1580. The maximum Gasteiger partial charge on any atom is 0.220 e. The van der Waals surface area contributed by atoms with Crippen LogP contribution in [0.25, 0.3) is 0 Å². The van der Waals surface area contributed by atoms with E-state index in [1.165, 1.54) is 51.4 Å². The number of allylic oxidation sites excluding steroid dienone is 8. The molecular weight excluding hydrogens is 987 g/mol. The third kappa shape index (κ3) is 25.0. The van der Waals surface area contributed by atoms with Crippen molar-refractivity contribution in [1.29, 1.82) is 0 Å². The standard InChI is InChI=1S/C57H101NO18/c1-3-5-7-9-11-13-15-17-18-19-20-21-22-23-25-27-29-31-33-35-45(63)58-40(41(62)34-32-30-28-26-24-16-14-12-10-8-6-4-2)39-71-55-51(69)48(66)53(43(37-60)73-55)76-57-52(70)49(67)54(44(38-61)74-57)75-56-50(68)47(65)46(64)42(36-59)72-56/h5,7,11,13,17-18,20-21,40-44,46-57,59-62,64-70H,3-4,6,8-10,12,14-16,19,22-39H2,1-2H3,(H,58,63)/b7-5-,13-11-,18-17-,21-20-. The number of carbonyl (C=O) groups is 1. The summed E-state index contributed by atoms with van der Waals surface area (Å²) < 4.78 is 34.2. The molecule has 12 N–H and O–H groups in total. The maximum atomic E-state index is 13.3. The first-order valence-corrected chi connectivity index (χ1v) is 28.9. The van der Waals surface area contributed by atoms with Crippen molar-refractivity contribution in [1.82, 2.24) is 5.32 Å². The van der Waals surface area contributed by atoms with Gasteiger partial charge in [0.15, 0.2) is 18.9 Å². The number of carbonyl (C=O) groups excluding carboxylic acids is 1. The molecule has 0 aromatic heterocycles. The molecule has 0 aromatic rings. The largest absolute Gasteiger partial charge is 0.394 e. The van der Waals surface area contributed by atoms with Gasteiger partial charge < -0.3 is 89.9 Å². The first-order valence-electron chi connectivity index (χ1n) is 28.9. The minimum atomic E-state index is -1.97. The molecule has 0 radical (unpaired) electrons. The molecular formula is C57H101NO18. The predicted molar refractivity (Wildman–Crippen MR) is 286 cm³/mol. The lowest BCUT2D eigenvalue weighted by Crippen LogP contribution is -2.66. The molecule has 0 bridgehead atoms. The normalized spacial score (nSPS) is 31.3. The van der Waals surface area contributed by atoms with Crippen molar-refractivity contribution >= 4 is 5.91 Å². The van der Waals surface area contributed by atoms with Gasteiger partial charge in [0.05, 0.1) is 38.6 Å². The number of ether oxygens (including phenoxy) is 6. The van der Waals surface area contributed by atoms with Crippen LogP contribution >= 0.6 is 0 Å². The molecule has 3 aliphatic rings. The van der Waals surface area contributed by atoms with Gasteiger partial charge in [-0.05, 0) is 51.4 Å². The van der Waals surface area contributed by atoms with Crippen molar-refractivity contribution in [2.75, 3.05) is 26.4 Å².